The molecule has 0 aromatic carbocycles. The molecular formula is C10H11N5O3. The van der Waals surface area contributed by atoms with Crippen LogP contribution in [0.25, 0.3) is 11.4 Å². The van der Waals surface area contributed by atoms with Crippen molar-refractivity contribution in [3.8, 4) is 11.4 Å². The van der Waals surface area contributed by atoms with Crippen LogP contribution in [0.5, 0.6) is 0 Å². The predicted molar refractivity (Wildman–Crippen MR) is 60.7 cm³/mol. The summed E-state index contributed by atoms with van der Waals surface area (Å²) < 4.78 is 1.51. The van der Waals surface area contributed by atoms with Crippen molar-refractivity contribution in [1.29, 1.82) is 0 Å². The summed E-state index contributed by atoms with van der Waals surface area (Å²) in [6, 6.07) is 2.99. The molecule has 94 valence electrons. The first kappa shape index (κ1) is 12.0. The van der Waals surface area contributed by atoms with Crippen LogP contribution in [0.1, 0.15) is 12.8 Å². The zero-order valence-electron chi connectivity index (χ0n) is 9.41. The molecule has 0 spiro atoms. The molecule has 2 heterocycles. The summed E-state index contributed by atoms with van der Waals surface area (Å²) in [7, 11) is 0. The average Bonchev–Trinajstić information content (AvgIpc) is 2.78. The third-order valence-electron chi connectivity index (χ3n) is 2.33. The van der Waals surface area contributed by atoms with Crippen LogP contribution in [-0.2, 0) is 11.3 Å². The number of aromatic nitrogens is 5. The molecule has 18 heavy (non-hydrogen) atoms. The highest BCUT2D eigenvalue weighted by atomic mass is 16.4. The van der Waals surface area contributed by atoms with E-state index in [0.29, 0.717) is 24.4 Å². The Morgan fingerprint density at radius 1 is 1.44 bits per heavy atom. The molecule has 2 aromatic heterocycles. The Morgan fingerprint density at radius 3 is 2.94 bits per heavy atom. The van der Waals surface area contributed by atoms with Crippen LogP contribution < -0.4 is 5.56 Å². The van der Waals surface area contributed by atoms with Gasteiger partial charge in [-0.05, 0) is 22.9 Å². The number of carboxylic acids is 1. The van der Waals surface area contributed by atoms with Crippen molar-refractivity contribution in [3.63, 3.8) is 0 Å². The minimum absolute atomic E-state index is 0.0604. The maximum atomic E-state index is 10.9. The van der Waals surface area contributed by atoms with Gasteiger partial charge in [-0.15, -0.1) is 5.10 Å². The number of nitrogens with zero attached hydrogens (tertiary/aromatic N) is 4. The summed E-state index contributed by atoms with van der Waals surface area (Å²) in [4.78, 5) is 23.9. The number of carbonyl (C=O) groups is 1. The van der Waals surface area contributed by atoms with Gasteiger partial charge >= 0.3 is 5.97 Å². The predicted octanol–water partition coefficient (Wildman–Crippen LogP) is -0.107. The van der Waals surface area contributed by atoms with E-state index in [2.05, 4.69) is 20.5 Å². The van der Waals surface area contributed by atoms with Gasteiger partial charge in [-0.1, -0.05) is 0 Å². The molecule has 0 aliphatic heterocycles. The molecule has 0 saturated heterocycles. The summed E-state index contributed by atoms with van der Waals surface area (Å²) in [5.74, 6) is -0.356. The average molecular weight is 249 g/mol. The van der Waals surface area contributed by atoms with E-state index in [4.69, 9.17) is 5.11 Å². The number of nitrogens with one attached hydrogen (secondary N) is 1. The van der Waals surface area contributed by atoms with Gasteiger partial charge in [0.05, 0.1) is 0 Å². The first-order chi connectivity index (χ1) is 8.66. The number of pyridine rings is 1. The van der Waals surface area contributed by atoms with Gasteiger partial charge in [-0.3, -0.25) is 9.59 Å². The van der Waals surface area contributed by atoms with Gasteiger partial charge in [0, 0.05) is 30.8 Å². The van der Waals surface area contributed by atoms with Crippen LogP contribution in [0.15, 0.2) is 23.1 Å². The van der Waals surface area contributed by atoms with Gasteiger partial charge in [-0.25, -0.2) is 4.68 Å². The Bertz CT molecular complexity index is 583. The number of H-pyrrole nitrogens is 1. The Kier molecular flexibility index (Phi) is 3.46. The lowest BCUT2D eigenvalue weighted by Crippen LogP contribution is -2.07. The molecule has 8 heteroatoms. The normalized spacial score (nSPS) is 10.4. The second-order valence-electron chi connectivity index (χ2n) is 3.66. The number of rotatable bonds is 5. The SMILES string of the molecule is O=C(O)CCCn1nnnc1-c1ccc(=O)[nH]c1. The fraction of sp³-hybridized carbons (Fsp3) is 0.300. The lowest BCUT2D eigenvalue weighted by atomic mass is 10.2. The van der Waals surface area contributed by atoms with Gasteiger partial charge in [0.2, 0.25) is 5.56 Å². The molecule has 0 unspecified atom stereocenters. The number of tetrazole rings is 1. The minimum Gasteiger partial charge on any atom is -0.481 e. The van der Waals surface area contributed by atoms with Gasteiger partial charge in [0.15, 0.2) is 5.82 Å². The number of aromatic amines is 1. The fourth-order valence-electron chi connectivity index (χ4n) is 1.49. The van der Waals surface area contributed by atoms with Crippen LogP contribution in [0, 0.1) is 0 Å². The molecule has 0 bridgehead atoms. The smallest absolute Gasteiger partial charge is 0.303 e. The van der Waals surface area contributed by atoms with Crippen LogP contribution in [0.4, 0.5) is 0 Å². The molecule has 2 N–H and O–H groups in total. The molecule has 0 atom stereocenters. The van der Waals surface area contributed by atoms with Crippen molar-refractivity contribution >= 4 is 5.97 Å². The van der Waals surface area contributed by atoms with Crippen molar-refractivity contribution in [2.75, 3.05) is 0 Å². The highest BCUT2D eigenvalue weighted by Crippen LogP contribution is 2.12. The van der Waals surface area contributed by atoms with E-state index in [9.17, 15) is 9.59 Å². The minimum atomic E-state index is -0.853. The van der Waals surface area contributed by atoms with E-state index < -0.39 is 5.97 Å². The zero-order chi connectivity index (χ0) is 13.0. The van der Waals surface area contributed by atoms with E-state index in [1.54, 1.807) is 6.07 Å². The van der Waals surface area contributed by atoms with Crippen molar-refractivity contribution in [1.82, 2.24) is 25.2 Å². The van der Waals surface area contributed by atoms with Gasteiger partial charge in [0.1, 0.15) is 0 Å². The van der Waals surface area contributed by atoms with Crippen LogP contribution in [0.2, 0.25) is 0 Å². The molecule has 0 radical (unpaired) electrons. The third kappa shape index (κ3) is 2.78. The Labute approximate surface area is 101 Å². The molecule has 2 aromatic rings. The Balaban J connectivity index is 2.14. The largest absolute Gasteiger partial charge is 0.481 e. The number of hydrogen-bond donors (Lipinski definition) is 2. The maximum Gasteiger partial charge on any atom is 0.303 e. The van der Waals surface area contributed by atoms with Gasteiger partial charge < -0.3 is 10.1 Å². The monoisotopic (exact) mass is 249 g/mol. The molecular weight excluding hydrogens is 238 g/mol. The molecule has 8 nitrogen and oxygen atoms in total. The summed E-state index contributed by atoms with van der Waals surface area (Å²) in [5.41, 5.74) is 0.471. The molecule has 0 aliphatic carbocycles. The van der Waals surface area contributed by atoms with E-state index in [1.807, 2.05) is 0 Å². The maximum absolute atomic E-state index is 10.9. The van der Waals surface area contributed by atoms with Gasteiger partial charge in [-0.2, -0.15) is 0 Å². The quantitative estimate of drug-likeness (QED) is 0.764. The van der Waals surface area contributed by atoms with E-state index >= 15 is 0 Å². The first-order valence-corrected chi connectivity index (χ1v) is 5.34. The van der Waals surface area contributed by atoms with Crippen molar-refractivity contribution < 1.29 is 9.90 Å². The molecule has 0 aliphatic rings. The van der Waals surface area contributed by atoms with Crippen LogP contribution >= 0.6 is 0 Å². The van der Waals surface area contributed by atoms with E-state index in [-0.39, 0.29) is 12.0 Å². The Morgan fingerprint density at radius 2 is 2.28 bits per heavy atom. The summed E-state index contributed by atoms with van der Waals surface area (Å²) in [6.45, 7) is 0.410. The lowest BCUT2D eigenvalue weighted by molar-refractivity contribution is -0.137. The summed E-state index contributed by atoms with van der Waals surface area (Å²) >= 11 is 0. The first-order valence-electron chi connectivity index (χ1n) is 5.34. The van der Waals surface area contributed by atoms with E-state index in [0.717, 1.165) is 0 Å². The molecule has 0 fully saturated rings. The molecule has 2 rings (SSSR count). The summed E-state index contributed by atoms with van der Waals surface area (Å²) in [6.07, 6.45) is 2.02. The van der Waals surface area contributed by atoms with Crippen LogP contribution in [-0.4, -0.2) is 36.3 Å². The fourth-order valence-corrected chi connectivity index (χ4v) is 1.49. The number of aryl methyl sites for hydroxylation is 1. The third-order valence-corrected chi connectivity index (χ3v) is 2.33. The number of hydrogen-bond acceptors (Lipinski definition) is 5. The van der Waals surface area contributed by atoms with E-state index in [1.165, 1.54) is 16.9 Å². The Hall–Kier alpha value is -2.51. The lowest BCUT2D eigenvalue weighted by Gasteiger charge is -2.02. The summed E-state index contributed by atoms with van der Waals surface area (Å²) in [5, 5.41) is 19.7. The zero-order valence-corrected chi connectivity index (χ0v) is 9.41. The van der Waals surface area contributed by atoms with Crippen LogP contribution in [0.3, 0.4) is 0 Å². The highest BCUT2D eigenvalue weighted by molar-refractivity contribution is 5.66. The second kappa shape index (κ2) is 5.21. The second-order valence-corrected chi connectivity index (χ2v) is 3.66. The molecule has 0 amide bonds. The standard InChI is InChI=1S/C10H11N5O3/c16-8-4-3-7(6-11-8)10-12-13-14-15(10)5-1-2-9(17)18/h3-4,6H,1-2,5H2,(H,11,16)(H,17,18). The van der Waals surface area contributed by atoms with Gasteiger partial charge in [0.25, 0.3) is 0 Å². The number of carboxylic acid groups (broad SMARTS) is 1. The molecule has 0 saturated carbocycles. The van der Waals surface area contributed by atoms with Crippen molar-refractivity contribution in [3.05, 3.63) is 28.7 Å². The topological polar surface area (TPSA) is 114 Å². The number of aliphatic carboxylic acids is 1. The van der Waals surface area contributed by atoms with Crippen molar-refractivity contribution in [2.45, 2.75) is 19.4 Å². The van der Waals surface area contributed by atoms with Crippen molar-refractivity contribution in [2.24, 2.45) is 0 Å². The highest BCUT2D eigenvalue weighted by Gasteiger charge is 2.09.